The minimum atomic E-state index is -0.703. The molecule has 0 spiro atoms. The van der Waals surface area contributed by atoms with Gasteiger partial charge in [0.1, 0.15) is 11.8 Å². The van der Waals surface area contributed by atoms with E-state index in [1.165, 1.54) is 4.90 Å². The van der Waals surface area contributed by atoms with Crippen LogP contribution in [0, 0.1) is 0 Å². The van der Waals surface area contributed by atoms with Gasteiger partial charge in [0.15, 0.2) is 6.61 Å². The largest absolute Gasteiger partial charge is 0.483 e. The van der Waals surface area contributed by atoms with E-state index in [1.807, 2.05) is 25.1 Å². The molecule has 1 N–H and O–H groups in total. The number of rotatable bonds is 9. The molecular weight excluding hydrogens is 527 g/mol. The van der Waals surface area contributed by atoms with Gasteiger partial charge in [-0.2, -0.15) is 0 Å². The SMILES string of the molecule is CCCNC(=O)[C@@H](C)N(Cc1ccc(Cl)cc1Cl)C(=O)COc1ccc(C(C)(C)C)cc1Br. The first-order valence-electron chi connectivity index (χ1n) is 10.9. The van der Waals surface area contributed by atoms with Crippen molar-refractivity contribution in [2.75, 3.05) is 13.2 Å². The van der Waals surface area contributed by atoms with E-state index in [4.69, 9.17) is 27.9 Å². The number of carbonyl (C=O) groups excluding carboxylic acids is 2. The summed E-state index contributed by atoms with van der Waals surface area (Å²) in [7, 11) is 0. The van der Waals surface area contributed by atoms with Crippen LogP contribution in [-0.2, 0) is 21.5 Å². The fraction of sp³-hybridized carbons (Fsp3) is 0.440. The van der Waals surface area contributed by atoms with Gasteiger partial charge in [-0.15, -0.1) is 0 Å². The molecule has 0 unspecified atom stereocenters. The number of ether oxygens (including phenoxy) is 1. The van der Waals surface area contributed by atoms with Crippen molar-refractivity contribution in [2.45, 2.75) is 59.0 Å². The smallest absolute Gasteiger partial charge is 0.261 e. The van der Waals surface area contributed by atoms with Crippen molar-refractivity contribution in [3.63, 3.8) is 0 Å². The van der Waals surface area contributed by atoms with Gasteiger partial charge in [0, 0.05) is 23.1 Å². The Hall–Kier alpha value is -1.76. The Morgan fingerprint density at radius 3 is 2.42 bits per heavy atom. The van der Waals surface area contributed by atoms with Gasteiger partial charge in [-0.3, -0.25) is 9.59 Å². The van der Waals surface area contributed by atoms with Crippen molar-refractivity contribution in [1.29, 1.82) is 0 Å². The monoisotopic (exact) mass is 556 g/mol. The Morgan fingerprint density at radius 2 is 1.85 bits per heavy atom. The zero-order valence-corrected chi connectivity index (χ0v) is 22.8. The topological polar surface area (TPSA) is 58.6 Å². The van der Waals surface area contributed by atoms with Crippen molar-refractivity contribution in [1.82, 2.24) is 10.2 Å². The predicted molar refractivity (Wildman–Crippen MR) is 138 cm³/mol. The van der Waals surface area contributed by atoms with Crippen LogP contribution in [0.3, 0.4) is 0 Å². The van der Waals surface area contributed by atoms with Gasteiger partial charge in [0.05, 0.1) is 4.47 Å². The lowest BCUT2D eigenvalue weighted by molar-refractivity contribution is -0.142. The van der Waals surface area contributed by atoms with Gasteiger partial charge < -0.3 is 15.0 Å². The Balaban J connectivity index is 2.21. The summed E-state index contributed by atoms with van der Waals surface area (Å²) in [5, 5.41) is 3.78. The highest BCUT2D eigenvalue weighted by Crippen LogP contribution is 2.31. The van der Waals surface area contributed by atoms with Crippen LogP contribution in [0.15, 0.2) is 40.9 Å². The first-order chi connectivity index (χ1) is 15.4. The number of nitrogens with zero attached hydrogens (tertiary/aromatic N) is 1. The molecule has 180 valence electrons. The molecule has 2 aromatic carbocycles. The van der Waals surface area contributed by atoms with Gasteiger partial charge in [-0.1, -0.05) is 63.0 Å². The average molecular weight is 558 g/mol. The molecule has 0 radical (unpaired) electrons. The van der Waals surface area contributed by atoms with Crippen LogP contribution in [0.1, 0.15) is 52.2 Å². The third kappa shape index (κ3) is 7.90. The molecule has 0 aliphatic heterocycles. The van der Waals surface area contributed by atoms with Crippen LogP contribution < -0.4 is 10.1 Å². The maximum absolute atomic E-state index is 13.2. The number of hydrogen-bond donors (Lipinski definition) is 1. The molecule has 0 aliphatic carbocycles. The molecule has 0 fully saturated rings. The molecule has 0 bridgehead atoms. The number of carbonyl (C=O) groups is 2. The van der Waals surface area contributed by atoms with Crippen LogP contribution >= 0.6 is 39.1 Å². The van der Waals surface area contributed by atoms with Crippen LogP contribution in [-0.4, -0.2) is 35.9 Å². The molecule has 2 aromatic rings. The van der Waals surface area contributed by atoms with E-state index in [9.17, 15) is 9.59 Å². The summed E-state index contributed by atoms with van der Waals surface area (Å²) in [6.07, 6.45) is 0.803. The van der Waals surface area contributed by atoms with Gasteiger partial charge in [-0.05, 0) is 70.1 Å². The molecule has 2 rings (SSSR count). The molecule has 0 heterocycles. The lowest BCUT2D eigenvalue weighted by atomic mass is 9.87. The van der Waals surface area contributed by atoms with E-state index in [1.54, 1.807) is 25.1 Å². The zero-order chi connectivity index (χ0) is 24.8. The molecule has 0 aromatic heterocycles. The van der Waals surface area contributed by atoms with E-state index in [0.717, 1.165) is 16.5 Å². The summed E-state index contributed by atoms with van der Waals surface area (Å²) in [4.78, 5) is 27.3. The van der Waals surface area contributed by atoms with Crippen LogP contribution in [0.5, 0.6) is 5.75 Å². The summed E-state index contributed by atoms with van der Waals surface area (Å²) in [5.41, 5.74) is 1.83. The molecule has 1 atom stereocenters. The normalized spacial score (nSPS) is 12.2. The lowest BCUT2D eigenvalue weighted by Crippen LogP contribution is -2.49. The van der Waals surface area contributed by atoms with Crippen LogP contribution in [0.25, 0.3) is 0 Å². The average Bonchev–Trinajstić information content (AvgIpc) is 2.74. The highest BCUT2D eigenvalue weighted by molar-refractivity contribution is 9.10. The number of halogens is 3. The summed E-state index contributed by atoms with van der Waals surface area (Å²) in [6, 6.07) is 10.2. The van der Waals surface area contributed by atoms with Gasteiger partial charge in [0.2, 0.25) is 5.91 Å². The van der Waals surface area contributed by atoms with Crippen LogP contribution in [0.4, 0.5) is 0 Å². The van der Waals surface area contributed by atoms with Gasteiger partial charge in [-0.25, -0.2) is 0 Å². The maximum Gasteiger partial charge on any atom is 0.261 e. The van der Waals surface area contributed by atoms with Crippen molar-refractivity contribution in [2.24, 2.45) is 0 Å². The molecule has 0 saturated carbocycles. The molecule has 0 saturated heterocycles. The summed E-state index contributed by atoms with van der Waals surface area (Å²) < 4.78 is 6.59. The van der Waals surface area contributed by atoms with Crippen molar-refractivity contribution >= 4 is 50.9 Å². The molecule has 0 aliphatic rings. The zero-order valence-electron chi connectivity index (χ0n) is 19.7. The van der Waals surface area contributed by atoms with E-state index in [-0.39, 0.29) is 30.4 Å². The minimum Gasteiger partial charge on any atom is -0.483 e. The quantitative estimate of drug-likeness (QED) is 0.389. The number of benzene rings is 2. The fourth-order valence-corrected chi connectivity index (χ4v) is 4.08. The second-order valence-corrected chi connectivity index (χ2v) is 10.6. The summed E-state index contributed by atoms with van der Waals surface area (Å²) >= 11 is 15.9. The molecule has 8 heteroatoms. The first-order valence-corrected chi connectivity index (χ1v) is 12.4. The van der Waals surface area contributed by atoms with E-state index < -0.39 is 6.04 Å². The Morgan fingerprint density at radius 1 is 1.15 bits per heavy atom. The van der Waals surface area contributed by atoms with Crippen molar-refractivity contribution in [3.8, 4) is 5.75 Å². The fourth-order valence-electron chi connectivity index (χ4n) is 3.12. The molecule has 33 heavy (non-hydrogen) atoms. The van der Waals surface area contributed by atoms with Crippen molar-refractivity contribution in [3.05, 3.63) is 62.0 Å². The van der Waals surface area contributed by atoms with E-state index >= 15 is 0 Å². The highest BCUT2D eigenvalue weighted by atomic mass is 79.9. The molecule has 2 amide bonds. The second kappa shape index (κ2) is 12.1. The minimum absolute atomic E-state index is 0.00714. The Bertz CT molecular complexity index is 992. The number of nitrogens with one attached hydrogen (secondary N) is 1. The molecular formula is C25H31BrCl2N2O3. The van der Waals surface area contributed by atoms with E-state index in [2.05, 4.69) is 42.0 Å². The number of amides is 2. The third-order valence-electron chi connectivity index (χ3n) is 5.22. The summed E-state index contributed by atoms with van der Waals surface area (Å²) in [5.74, 6) is 0.00173. The number of hydrogen-bond acceptors (Lipinski definition) is 3. The maximum atomic E-state index is 13.2. The predicted octanol–water partition coefficient (Wildman–Crippen LogP) is 6.38. The van der Waals surface area contributed by atoms with E-state index in [0.29, 0.717) is 27.9 Å². The van der Waals surface area contributed by atoms with Gasteiger partial charge >= 0.3 is 0 Å². The first kappa shape index (κ1) is 27.5. The van der Waals surface area contributed by atoms with Crippen molar-refractivity contribution < 1.29 is 14.3 Å². The Labute approximate surface area is 214 Å². The lowest BCUT2D eigenvalue weighted by Gasteiger charge is -2.29. The third-order valence-corrected chi connectivity index (χ3v) is 6.43. The standard InChI is InChI=1S/C25H31BrCl2N2O3/c1-6-11-29-24(32)16(2)30(14-17-7-9-19(27)13-21(17)28)23(31)15-33-22-10-8-18(12-20(22)26)25(3,4)5/h7-10,12-13,16H,6,11,14-15H2,1-5H3,(H,29,32)/t16-/m1/s1. The van der Waals surface area contributed by atoms with Gasteiger partial charge in [0.25, 0.3) is 5.91 Å². The second-order valence-electron chi connectivity index (χ2n) is 8.91. The van der Waals surface area contributed by atoms with Crippen LogP contribution in [0.2, 0.25) is 10.0 Å². The Kier molecular flexibility index (Phi) is 10.1. The highest BCUT2D eigenvalue weighted by Gasteiger charge is 2.27. The molecule has 5 nitrogen and oxygen atoms in total. The summed E-state index contributed by atoms with van der Waals surface area (Å²) in [6.45, 7) is 10.5.